The van der Waals surface area contributed by atoms with Crippen LogP contribution in [0, 0.1) is 5.92 Å². The predicted octanol–water partition coefficient (Wildman–Crippen LogP) is 18.5. The van der Waals surface area contributed by atoms with Crippen LogP contribution in [0.5, 0.6) is 5.75 Å². The van der Waals surface area contributed by atoms with E-state index in [1.807, 2.05) is 19.9 Å². The quantitative estimate of drug-likeness (QED) is 0.210. The van der Waals surface area contributed by atoms with Crippen LogP contribution < -0.4 is 0 Å². The number of para-hydroxylation sites is 1. The van der Waals surface area contributed by atoms with Crippen LogP contribution in [0.15, 0.2) is 121 Å². The highest BCUT2D eigenvalue weighted by Gasteiger charge is 2.04. The second-order valence-electron chi connectivity index (χ2n) is 8.06. The van der Waals surface area contributed by atoms with Gasteiger partial charge in [0.1, 0.15) is 5.75 Å². The molecule has 0 atom stereocenters. The summed E-state index contributed by atoms with van der Waals surface area (Å²) >= 11 is 0. The van der Waals surface area contributed by atoms with Gasteiger partial charge < -0.3 is 5.11 Å². The zero-order chi connectivity index (χ0) is 48.9. The van der Waals surface area contributed by atoms with E-state index in [-0.39, 0.29) is 21.0 Å². The summed E-state index contributed by atoms with van der Waals surface area (Å²) in [4.78, 5) is 0. The lowest BCUT2D eigenvalue weighted by Gasteiger charge is -2.11. The molecule has 0 aromatic heterocycles. The third-order valence-corrected chi connectivity index (χ3v) is 4.99. The molecule has 0 saturated heterocycles. The smallest absolute Gasteiger partial charge is 0.115 e. The zero-order valence-corrected chi connectivity index (χ0v) is 33.8. The molecule has 0 amide bonds. The van der Waals surface area contributed by atoms with Crippen molar-refractivity contribution < 1.29 is 27.7 Å². The van der Waals surface area contributed by atoms with Crippen molar-refractivity contribution in [2.24, 2.45) is 5.92 Å². The van der Waals surface area contributed by atoms with Gasteiger partial charge in [-0.3, -0.25) is 4.70 Å². The van der Waals surface area contributed by atoms with E-state index in [0.717, 1.165) is 12.8 Å². The first-order valence-corrected chi connectivity index (χ1v) is 12.5. The number of hydrogen-bond acceptors (Lipinski definition) is 1. The lowest BCUT2D eigenvalue weighted by Crippen LogP contribution is -2.03. The minimum atomic E-state index is 0. The van der Waals surface area contributed by atoms with Crippen molar-refractivity contribution >= 4 is 0 Å². The summed E-state index contributed by atoms with van der Waals surface area (Å²) in [6, 6.07) is 40.7. The maximum absolute atomic E-state index is 8.63. The second-order valence-corrected chi connectivity index (χ2v) is 8.06. The van der Waals surface area contributed by atoms with E-state index in [9.17, 15) is 0 Å². The molecule has 0 spiro atoms. The maximum atomic E-state index is 8.63. The molecule has 4 aromatic rings. The maximum Gasteiger partial charge on any atom is 0.115 e. The van der Waals surface area contributed by atoms with Crippen molar-refractivity contribution in [3.63, 3.8) is 0 Å². The zero-order valence-electron chi connectivity index (χ0n) is 45.8. The van der Waals surface area contributed by atoms with Crippen LogP contribution in [0.3, 0.4) is 0 Å². The summed E-state index contributed by atoms with van der Waals surface area (Å²) < 4.78 is 69.0. The van der Waals surface area contributed by atoms with Gasteiger partial charge in [-0.05, 0) is 54.0 Å². The molecule has 0 aliphatic rings. The van der Waals surface area contributed by atoms with Gasteiger partial charge in [0.25, 0.3) is 0 Å². The summed E-state index contributed by atoms with van der Waals surface area (Å²) in [6.45, 7) is 8.52. The van der Waals surface area contributed by atoms with E-state index in [0.29, 0.717) is 11.7 Å². The first kappa shape index (κ1) is 50.0. The van der Waals surface area contributed by atoms with Gasteiger partial charge >= 0.3 is 0 Å². The van der Waals surface area contributed by atoms with Gasteiger partial charge in [0.15, 0.2) is 0 Å². The highest BCUT2D eigenvalue weighted by Crippen LogP contribution is 2.13. The Kier molecular flexibility index (Phi) is 68.3. The Bertz CT molecular complexity index is 947. The Morgan fingerprint density at radius 1 is 0.469 bits per heavy atom. The molecule has 0 radical (unpaired) electrons. The summed E-state index contributed by atoms with van der Waals surface area (Å²) in [6.07, 6.45) is 4.77. The number of aromatic hydroxyl groups is 1. The van der Waals surface area contributed by atoms with Gasteiger partial charge in [-0.1, -0.05) is 247 Å². The van der Waals surface area contributed by atoms with Crippen molar-refractivity contribution in [2.75, 3.05) is 0 Å². The molecule has 0 aliphatic heterocycles. The third kappa shape index (κ3) is 51.6. The fraction of sp³-hybridized carbons (Fsp3) is 0.489. The molecule has 49 heavy (non-hydrogen) atoms. The number of halogens is 1. The van der Waals surface area contributed by atoms with Gasteiger partial charge in [-0.15, -0.1) is 0 Å². The molecule has 0 bridgehead atoms. The van der Waals surface area contributed by atoms with E-state index in [1.165, 1.54) is 118 Å². The highest BCUT2D eigenvalue weighted by molar-refractivity contribution is 5.19. The van der Waals surface area contributed by atoms with E-state index in [2.05, 4.69) is 105 Å². The first-order valence-electron chi connectivity index (χ1n) is 24.5. The van der Waals surface area contributed by atoms with Gasteiger partial charge in [0.2, 0.25) is 0 Å². The molecule has 4 aromatic carbocycles. The highest BCUT2D eigenvalue weighted by atomic mass is 19.0. The van der Waals surface area contributed by atoms with Crippen molar-refractivity contribution in [3.05, 3.63) is 138 Å². The first-order chi connectivity index (χ1) is 28.7. The molecule has 0 heterocycles. The molecule has 0 aliphatic carbocycles. The van der Waals surface area contributed by atoms with Crippen molar-refractivity contribution in [1.82, 2.24) is 0 Å². The Labute approximate surface area is 334 Å². The van der Waals surface area contributed by atoms with E-state index >= 15 is 0 Å². The fourth-order valence-electron chi connectivity index (χ4n) is 3.47. The minimum absolute atomic E-state index is 0. The van der Waals surface area contributed by atoms with Crippen LogP contribution in [0.1, 0.15) is 172 Å². The van der Waals surface area contributed by atoms with Gasteiger partial charge in [-0.25, -0.2) is 0 Å². The number of phenols is 1. The average molecular weight is 726 g/mol. The van der Waals surface area contributed by atoms with Crippen LogP contribution in [-0.4, -0.2) is 5.11 Å². The minimum Gasteiger partial charge on any atom is -0.508 e. The standard InChI is InChI=1S/C16H18.C9H12.C6H6O.C2H6.14CH4.FH.H2/c1-14(12-15-8-4-2-5-9-15)13-16-10-6-3-7-11-16;1-2-6-9-7-4-3-5-8-9;7-6-4-2-1-3-5-6;1-2;;;;;;;;;;;;;;;;/h2-11,14H,12-13H2,1H3;3-5,7-8H,2,6H2,1H3;1-5,7H;1-2H3;14*1H4;2*1H/i;;;;12*1T;;;;1+1. The second kappa shape index (κ2) is 66.9. The predicted molar refractivity (Wildman–Crippen MR) is 248 cm³/mol. The Balaban J connectivity index is -0.0000000290. The van der Waals surface area contributed by atoms with Gasteiger partial charge in [0.05, 0.1) is 0 Å². The lowest BCUT2D eigenvalue weighted by atomic mass is 9.94. The number of phenolic OH excluding ortho intramolecular Hbond substituents is 1. The van der Waals surface area contributed by atoms with Crippen LogP contribution in [0.25, 0.3) is 0 Å². The molecule has 302 valence electrons. The molecule has 4 rings (SSSR count). The van der Waals surface area contributed by atoms with E-state index < -0.39 is 0 Å². The van der Waals surface area contributed by atoms with Crippen molar-refractivity contribution in [3.8, 4) is 5.75 Å². The normalized spacial score (nSPS) is 8.27. The van der Waals surface area contributed by atoms with Crippen LogP contribution >= 0.6 is 0 Å². The average Bonchev–Trinajstić information content (AvgIpc) is 3.36. The van der Waals surface area contributed by atoms with Gasteiger partial charge in [-0.2, -0.15) is 0 Å². The Morgan fingerprint density at radius 2 is 0.694 bits per heavy atom. The lowest BCUT2D eigenvalue weighted by molar-refractivity contribution is 0.475. The van der Waals surface area contributed by atoms with E-state index in [4.69, 9.17) is 21.6 Å². The third-order valence-electron chi connectivity index (χ3n) is 4.99. The monoisotopic (exact) mass is 726 g/mol. The van der Waals surface area contributed by atoms with Crippen molar-refractivity contribution in [2.45, 2.75) is 157 Å². The number of hydrogen-bond donors (Lipinski definition) is 1. The Hall–Kier alpha value is -3.39. The molecular weight excluding hydrogens is 600 g/mol. The largest absolute Gasteiger partial charge is 0.508 e. The number of benzene rings is 4. The topological polar surface area (TPSA) is 20.2 Å². The van der Waals surface area contributed by atoms with Crippen LogP contribution in [0.4, 0.5) is 4.70 Å². The number of aryl methyl sites for hydroxylation is 1. The van der Waals surface area contributed by atoms with E-state index in [1.54, 1.807) is 24.3 Å². The summed E-state index contributed by atoms with van der Waals surface area (Å²) in [5, 5.41) is 8.63. The summed E-state index contributed by atoms with van der Waals surface area (Å²) in [5.74, 6) is 1.02. The Morgan fingerprint density at radius 3 is 0.898 bits per heavy atom. The molecule has 1 nitrogen and oxygen atoms in total. The fourth-order valence-corrected chi connectivity index (χ4v) is 3.47. The van der Waals surface area contributed by atoms with Gasteiger partial charge in [0, 0.05) is 17.9 Å². The molecule has 1 N–H and O–H groups in total. The summed E-state index contributed by atoms with van der Waals surface area (Å²) in [7, 11) is 15.0. The van der Waals surface area contributed by atoms with Crippen LogP contribution in [-0.2, 0) is 19.3 Å². The summed E-state index contributed by atoms with van der Waals surface area (Å²) in [5.41, 5.74) is 4.32. The molecule has 0 saturated carbocycles. The number of rotatable bonds is 6. The SMILES string of the molecule is C.C.CC.CC(Cc1ccccc1)Cc1ccccc1.CCCc1ccccc1.F.Oc1ccccc1.[2HH].[3H]C.[3H]C.[3H]C.[3H]C.[3H]C.[3H]C.[3H]C.[3H]C.[3H]C.[3H]C.[3H]C.[3H]C. The van der Waals surface area contributed by atoms with Crippen molar-refractivity contribution in [1.29, 1.82) is 0 Å². The van der Waals surface area contributed by atoms with Crippen LogP contribution in [0.2, 0.25) is 0 Å². The molecule has 2 heteroatoms. The molecule has 0 unspecified atom stereocenters. The molecule has 0 fully saturated rings. The molecular formula is C47H101FO.